The molecule has 0 atom stereocenters. The minimum absolute atomic E-state index is 0.0565. The van der Waals surface area contributed by atoms with Crippen LogP contribution < -0.4 is 10.0 Å². The van der Waals surface area contributed by atoms with E-state index >= 15 is 0 Å². The SMILES string of the molecule is CNc1ncc(S(=O)(=O)NCC(C)(C)N(C)C)cn1. The first kappa shape index (κ1) is 15.8. The number of nitrogens with one attached hydrogen (secondary N) is 2. The molecule has 0 aliphatic carbocycles. The van der Waals surface area contributed by atoms with Crippen molar-refractivity contribution in [3.63, 3.8) is 0 Å². The second-order valence-electron chi connectivity index (χ2n) is 5.02. The summed E-state index contributed by atoms with van der Waals surface area (Å²) in [6.07, 6.45) is 2.56. The van der Waals surface area contributed by atoms with Gasteiger partial charge in [0.15, 0.2) is 0 Å². The summed E-state index contributed by atoms with van der Waals surface area (Å²) in [5, 5.41) is 2.73. The zero-order valence-electron chi connectivity index (χ0n) is 11.9. The van der Waals surface area contributed by atoms with Crippen molar-refractivity contribution in [2.75, 3.05) is 33.0 Å². The van der Waals surface area contributed by atoms with E-state index in [1.54, 1.807) is 7.05 Å². The fraction of sp³-hybridized carbons (Fsp3) is 0.636. The Bertz CT molecular complexity index is 510. The van der Waals surface area contributed by atoms with Crippen molar-refractivity contribution in [2.24, 2.45) is 0 Å². The lowest BCUT2D eigenvalue weighted by molar-refractivity contribution is 0.199. The molecule has 0 aliphatic rings. The highest BCUT2D eigenvalue weighted by molar-refractivity contribution is 7.89. The van der Waals surface area contributed by atoms with Crippen LogP contribution in [-0.2, 0) is 10.0 Å². The van der Waals surface area contributed by atoms with Gasteiger partial charge >= 0.3 is 0 Å². The Kier molecular flexibility index (Phi) is 4.83. The Morgan fingerprint density at radius 1 is 1.26 bits per heavy atom. The highest BCUT2D eigenvalue weighted by atomic mass is 32.2. The van der Waals surface area contributed by atoms with Gasteiger partial charge < -0.3 is 10.2 Å². The molecule has 7 nitrogen and oxygen atoms in total. The first-order valence-corrected chi connectivity index (χ1v) is 7.34. The van der Waals surface area contributed by atoms with Crippen molar-refractivity contribution < 1.29 is 8.42 Å². The fourth-order valence-corrected chi connectivity index (χ4v) is 2.19. The van der Waals surface area contributed by atoms with Gasteiger partial charge in [0.2, 0.25) is 16.0 Å². The van der Waals surface area contributed by atoms with Crippen molar-refractivity contribution in [2.45, 2.75) is 24.3 Å². The maximum absolute atomic E-state index is 12.1. The molecule has 0 aliphatic heterocycles. The molecule has 0 fully saturated rings. The number of sulfonamides is 1. The lowest BCUT2D eigenvalue weighted by atomic mass is 10.1. The second kappa shape index (κ2) is 5.81. The van der Waals surface area contributed by atoms with Gasteiger partial charge in [-0.2, -0.15) is 0 Å². The summed E-state index contributed by atoms with van der Waals surface area (Å²) in [5.41, 5.74) is -0.279. The molecule has 0 unspecified atom stereocenters. The standard InChI is InChI=1S/C11H21N5O2S/c1-11(2,16(4)5)8-15-19(17,18)9-6-13-10(12-3)14-7-9/h6-7,15H,8H2,1-5H3,(H,12,13,14). The Hall–Kier alpha value is -1.25. The molecule has 2 N–H and O–H groups in total. The molecule has 0 saturated carbocycles. The van der Waals surface area contributed by atoms with E-state index in [9.17, 15) is 8.42 Å². The number of aromatic nitrogens is 2. The monoisotopic (exact) mass is 287 g/mol. The molecular formula is C11H21N5O2S. The second-order valence-corrected chi connectivity index (χ2v) is 6.79. The molecule has 0 saturated heterocycles. The molecule has 0 aromatic carbocycles. The number of anilines is 1. The molecule has 1 aromatic rings. The molecule has 1 heterocycles. The van der Waals surface area contributed by atoms with E-state index in [4.69, 9.17) is 0 Å². The minimum Gasteiger partial charge on any atom is -0.357 e. The van der Waals surface area contributed by atoms with Crippen LogP contribution >= 0.6 is 0 Å². The van der Waals surface area contributed by atoms with Gasteiger partial charge in [-0.15, -0.1) is 0 Å². The zero-order valence-corrected chi connectivity index (χ0v) is 12.7. The highest BCUT2D eigenvalue weighted by Crippen LogP contribution is 2.11. The van der Waals surface area contributed by atoms with E-state index in [-0.39, 0.29) is 10.4 Å². The molecular weight excluding hydrogens is 266 g/mol. The third-order valence-corrected chi connectivity index (χ3v) is 4.42. The molecule has 0 bridgehead atoms. The van der Waals surface area contributed by atoms with Crippen LogP contribution in [0.2, 0.25) is 0 Å². The van der Waals surface area contributed by atoms with Crippen molar-refractivity contribution in [1.29, 1.82) is 0 Å². The topological polar surface area (TPSA) is 87.2 Å². The van der Waals surface area contributed by atoms with E-state index < -0.39 is 10.0 Å². The quantitative estimate of drug-likeness (QED) is 0.774. The number of rotatable bonds is 6. The van der Waals surface area contributed by atoms with Gasteiger partial charge in [0, 0.05) is 19.1 Å². The van der Waals surface area contributed by atoms with Crippen molar-refractivity contribution in [3.8, 4) is 0 Å². The lowest BCUT2D eigenvalue weighted by Crippen LogP contribution is -2.48. The average Bonchev–Trinajstić information content (AvgIpc) is 2.36. The van der Waals surface area contributed by atoms with Gasteiger partial charge in [0.05, 0.1) is 12.4 Å². The third-order valence-electron chi connectivity index (χ3n) is 3.07. The summed E-state index contributed by atoms with van der Waals surface area (Å²) in [6.45, 7) is 4.21. The van der Waals surface area contributed by atoms with Gasteiger partial charge in [-0.3, -0.25) is 0 Å². The van der Waals surface area contributed by atoms with Crippen molar-refractivity contribution >= 4 is 16.0 Å². The summed E-state index contributed by atoms with van der Waals surface area (Å²) in [4.78, 5) is 9.79. The largest absolute Gasteiger partial charge is 0.357 e. The number of hydrogen-bond acceptors (Lipinski definition) is 6. The maximum atomic E-state index is 12.1. The third kappa shape index (κ3) is 4.12. The highest BCUT2D eigenvalue weighted by Gasteiger charge is 2.24. The summed E-state index contributed by atoms with van der Waals surface area (Å²) >= 11 is 0. The van der Waals surface area contributed by atoms with Crippen LogP contribution in [0.4, 0.5) is 5.95 Å². The summed E-state index contributed by atoms with van der Waals surface area (Å²) in [6, 6.07) is 0. The predicted molar refractivity (Wildman–Crippen MR) is 74.5 cm³/mol. The lowest BCUT2D eigenvalue weighted by Gasteiger charge is -2.32. The maximum Gasteiger partial charge on any atom is 0.243 e. The Morgan fingerprint density at radius 2 is 1.79 bits per heavy atom. The smallest absolute Gasteiger partial charge is 0.243 e. The van der Waals surface area contributed by atoms with Gasteiger partial charge in [0.25, 0.3) is 0 Å². The minimum atomic E-state index is -3.58. The van der Waals surface area contributed by atoms with E-state index in [2.05, 4.69) is 20.0 Å². The molecule has 1 rings (SSSR count). The normalized spacial score (nSPS) is 12.7. The van der Waals surface area contributed by atoms with E-state index in [0.717, 1.165) is 0 Å². The van der Waals surface area contributed by atoms with Crippen LogP contribution in [0.15, 0.2) is 17.3 Å². The number of nitrogens with zero attached hydrogens (tertiary/aromatic N) is 3. The number of likely N-dealkylation sites (N-methyl/N-ethyl adjacent to an activating group) is 1. The average molecular weight is 287 g/mol. The van der Waals surface area contributed by atoms with Crippen LogP contribution in [-0.4, -0.2) is 56.5 Å². The van der Waals surface area contributed by atoms with Crippen LogP contribution in [0.5, 0.6) is 0 Å². The first-order chi connectivity index (χ1) is 8.69. The molecule has 0 radical (unpaired) electrons. The van der Waals surface area contributed by atoms with Gasteiger partial charge in [-0.05, 0) is 27.9 Å². The van der Waals surface area contributed by atoms with Crippen LogP contribution in [0.3, 0.4) is 0 Å². The zero-order chi connectivity index (χ0) is 14.7. The predicted octanol–water partition coefficient (Wildman–Crippen LogP) is 0.137. The molecule has 1 aromatic heterocycles. The first-order valence-electron chi connectivity index (χ1n) is 5.86. The van der Waals surface area contributed by atoms with E-state index in [1.807, 2.05) is 32.8 Å². The van der Waals surface area contributed by atoms with E-state index in [0.29, 0.717) is 12.5 Å². The van der Waals surface area contributed by atoms with Crippen LogP contribution in [0, 0.1) is 0 Å². The molecule has 108 valence electrons. The van der Waals surface area contributed by atoms with Crippen molar-refractivity contribution in [3.05, 3.63) is 12.4 Å². The van der Waals surface area contributed by atoms with Crippen LogP contribution in [0.25, 0.3) is 0 Å². The fourth-order valence-electron chi connectivity index (χ4n) is 1.10. The Morgan fingerprint density at radius 3 is 2.21 bits per heavy atom. The summed E-state index contributed by atoms with van der Waals surface area (Å²) < 4.78 is 26.7. The van der Waals surface area contributed by atoms with Gasteiger partial charge in [-0.1, -0.05) is 0 Å². The summed E-state index contributed by atoms with van der Waals surface area (Å²) in [7, 11) is 1.89. The molecule has 0 spiro atoms. The van der Waals surface area contributed by atoms with Crippen molar-refractivity contribution in [1.82, 2.24) is 19.6 Å². The number of hydrogen-bond donors (Lipinski definition) is 2. The molecule has 19 heavy (non-hydrogen) atoms. The molecule has 0 amide bonds. The van der Waals surface area contributed by atoms with Gasteiger partial charge in [-0.25, -0.2) is 23.1 Å². The Balaban J connectivity index is 2.81. The summed E-state index contributed by atoms with van der Waals surface area (Å²) in [5.74, 6) is 0.382. The molecule has 8 heteroatoms. The van der Waals surface area contributed by atoms with Gasteiger partial charge in [0.1, 0.15) is 4.90 Å². The van der Waals surface area contributed by atoms with E-state index in [1.165, 1.54) is 12.4 Å². The Labute approximate surface area is 114 Å². The van der Waals surface area contributed by atoms with Crippen LogP contribution in [0.1, 0.15) is 13.8 Å².